The van der Waals surface area contributed by atoms with Crippen LogP contribution in [0.3, 0.4) is 0 Å². The summed E-state index contributed by atoms with van der Waals surface area (Å²) in [6, 6.07) is 13.8. The first kappa shape index (κ1) is 19.1. The van der Waals surface area contributed by atoms with Crippen molar-refractivity contribution in [1.29, 1.82) is 0 Å². The van der Waals surface area contributed by atoms with E-state index in [0.29, 0.717) is 49.9 Å². The normalized spacial score (nSPS) is 14.2. The number of morpholine rings is 1. The van der Waals surface area contributed by atoms with Crippen LogP contribution in [0.15, 0.2) is 47.3 Å². The number of benzene rings is 2. The Balaban J connectivity index is 1.41. The van der Waals surface area contributed by atoms with Crippen molar-refractivity contribution >= 4 is 28.3 Å². The fourth-order valence-corrected chi connectivity index (χ4v) is 3.54. The molecule has 0 atom stereocenters. The van der Waals surface area contributed by atoms with Gasteiger partial charge >= 0.3 is 0 Å². The highest BCUT2D eigenvalue weighted by Gasteiger charge is 2.16. The van der Waals surface area contributed by atoms with Gasteiger partial charge in [0, 0.05) is 36.5 Å². The minimum Gasteiger partial charge on any atom is -0.378 e. The van der Waals surface area contributed by atoms with Crippen molar-refractivity contribution in [2.75, 3.05) is 36.5 Å². The highest BCUT2D eigenvalue weighted by atomic mass is 16.5. The summed E-state index contributed by atoms with van der Waals surface area (Å²) in [6.45, 7) is 4.47. The molecular formula is C22H24N4O3. The van der Waals surface area contributed by atoms with Crippen molar-refractivity contribution in [3.05, 3.63) is 64.1 Å². The van der Waals surface area contributed by atoms with E-state index in [1.165, 1.54) is 0 Å². The van der Waals surface area contributed by atoms with E-state index in [0.717, 1.165) is 16.5 Å². The fourth-order valence-electron chi connectivity index (χ4n) is 3.54. The van der Waals surface area contributed by atoms with Crippen molar-refractivity contribution in [3.63, 3.8) is 0 Å². The lowest BCUT2D eigenvalue weighted by molar-refractivity contribution is -0.116. The number of carbonyl (C=O) groups excluding carboxylic acids is 1. The van der Waals surface area contributed by atoms with Gasteiger partial charge in [0.2, 0.25) is 11.9 Å². The maximum Gasteiger partial charge on any atom is 0.255 e. The predicted octanol–water partition coefficient (Wildman–Crippen LogP) is 2.64. The first-order valence-corrected chi connectivity index (χ1v) is 9.81. The van der Waals surface area contributed by atoms with Gasteiger partial charge in [-0.3, -0.25) is 14.6 Å². The Labute approximate surface area is 168 Å². The molecule has 1 aliphatic rings. The number of rotatable bonds is 5. The van der Waals surface area contributed by atoms with Gasteiger partial charge in [-0.25, -0.2) is 4.98 Å². The summed E-state index contributed by atoms with van der Waals surface area (Å²) in [5, 5.41) is 5.11. The summed E-state index contributed by atoms with van der Waals surface area (Å²) in [5.74, 6) is 0.441. The van der Waals surface area contributed by atoms with Gasteiger partial charge in [0.25, 0.3) is 5.56 Å². The van der Waals surface area contributed by atoms with Crippen molar-refractivity contribution in [2.45, 2.75) is 19.8 Å². The molecule has 2 N–H and O–H groups in total. The highest BCUT2D eigenvalue weighted by Crippen LogP contribution is 2.19. The predicted molar refractivity (Wildman–Crippen MR) is 114 cm³/mol. The van der Waals surface area contributed by atoms with Crippen LogP contribution in [0.4, 0.5) is 11.6 Å². The summed E-state index contributed by atoms with van der Waals surface area (Å²) in [7, 11) is 0. The zero-order valence-electron chi connectivity index (χ0n) is 16.4. The largest absolute Gasteiger partial charge is 0.378 e. The van der Waals surface area contributed by atoms with Crippen molar-refractivity contribution < 1.29 is 9.53 Å². The second-order valence-corrected chi connectivity index (χ2v) is 7.16. The molecule has 2 aromatic carbocycles. The van der Waals surface area contributed by atoms with Gasteiger partial charge in [0.05, 0.1) is 13.2 Å². The Hall–Kier alpha value is -3.19. The van der Waals surface area contributed by atoms with Crippen molar-refractivity contribution in [3.8, 4) is 0 Å². The van der Waals surface area contributed by atoms with E-state index in [4.69, 9.17) is 4.74 Å². The summed E-state index contributed by atoms with van der Waals surface area (Å²) < 4.78 is 5.34. The van der Waals surface area contributed by atoms with E-state index >= 15 is 0 Å². The van der Waals surface area contributed by atoms with E-state index in [2.05, 4.69) is 15.3 Å². The number of aryl methyl sites for hydroxylation is 1. The lowest BCUT2D eigenvalue weighted by Crippen LogP contribution is -2.38. The summed E-state index contributed by atoms with van der Waals surface area (Å²) >= 11 is 0. The lowest BCUT2D eigenvalue weighted by atomic mass is 10.1. The summed E-state index contributed by atoms with van der Waals surface area (Å²) in [5.41, 5.74) is 1.78. The molecule has 0 unspecified atom stereocenters. The van der Waals surface area contributed by atoms with Crippen molar-refractivity contribution in [2.24, 2.45) is 0 Å². The second-order valence-electron chi connectivity index (χ2n) is 7.16. The Bertz CT molecular complexity index is 1090. The van der Waals surface area contributed by atoms with Crippen LogP contribution in [0, 0.1) is 6.92 Å². The zero-order chi connectivity index (χ0) is 20.2. The van der Waals surface area contributed by atoms with Gasteiger partial charge < -0.3 is 15.0 Å². The molecule has 1 fully saturated rings. The van der Waals surface area contributed by atoms with E-state index in [-0.39, 0.29) is 17.9 Å². The molecule has 0 bridgehead atoms. The van der Waals surface area contributed by atoms with Crippen LogP contribution in [0.2, 0.25) is 0 Å². The molecular weight excluding hydrogens is 368 g/mol. The van der Waals surface area contributed by atoms with E-state index in [9.17, 15) is 9.59 Å². The van der Waals surface area contributed by atoms with Crippen LogP contribution >= 0.6 is 0 Å². The molecule has 1 aromatic heterocycles. The quantitative estimate of drug-likeness (QED) is 0.697. The molecule has 7 heteroatoms. The molecule has 3 aromatic rings. The molecule has 1 aliphatic heterocycles. The number of fused-ring (bicyclic) bond motifs is 1. The van der Waals surface area contributed by atoms with E-state index in [1.54, 1.807) is 0 Å². The fraction of sp³-hybridized carbons (Fsp3) is 0.318. The molecule has 4 rings (SSSR count). The van der Waals surface area contributed by atoms with Crippen LogP contribution in [-0.2, 0) is 16.0 Å². The van der Waals surface area contributed by atoms with Gasteiger partial charge in [0.15, 0.2) is 0 Å². The number of hydrogen-bond acceptors (Lipinski definition) is 5. The van der Waals surface area contributed by atoms with Crippen molar-refractivity contribution in [1.82, 2.24) is 9.97 Å². The van der Waals surface area contributed by atoms with Crippen LogP contribution < -0.4 is 15.8 Å². The number of nitrogens with one attached hydrogen (secondary N) is 2. The SMILES string of the molecule is Cc1nc(N2CCOCC2)[nH]c(=O)c1CCC(=O)Nc1ccc2ccccc2c1. The third kappa shape index (κ3) is 4.46. The third-order valence-corrected chi connectivity index (χ3v) is 5.16. The average Bonchev–Trinajstić information content (AvgIpc) is 2.73. The summed E-state index contributed by atoms with van der Waals surface area (Å²) in [4.78, 5) is 34.3. The van der Waals surface area contributed by atoms with Crippen LogP contribution in [0.1, 0.15) is 17.7 Å². The molecule has 0 aliphatic carbocycles. The second kappa shape index (κ2) is 8.45. The first-order chi connectivity index (χ1) is 14.1. The molecule has 1 saturated heterocycles. The minimum absolute atomic E-state index is 0.128. The molecule has 0 radical (unpaired) electrons. The Morgan fingerprint density at radius 2 is 1.93 bits per heavy atom. The smallest absolute Gasteiger partial charge is 0.255 e. The monoisotopic (exact) mass is 392 g/mol. The molecule has 150 valence electrons. The zero-order valence-corrected chi connectivity index (χ0v) is 16.4. The average molecular weight is 392 g/mol. The number of nitrogens with zero attached hydrogens (tertiary/aromatic N) is 2. The Morgan fingerprint density at radius 1 is 1.17 bits per heavy atom. The van der Waals surface area contributed by atoms with Gasteiger partial charge in [-0.15, -0.1) is 0 Å². The maximum absolute atomic E-state index is 12.5. The number of hydrogen-bond donors (Lipinski definition) is 2. The van der Waals surface area contributed by atoms with E-state index < -0.39 is 0 Å². The lowest BCUT2D eigenvalue weighted by Gasteiger charge is -2.27. The number of H-pyrrole nitrogens is 1. The number of carbonyl (C=O) groups is 1. The summed E-state index contributed by atoms with van der Waals surface area (Å²) in [6.07, 6.45) is 0.562. The number of aromatic amines is 1. The van der Waals surface area contributed by atoms with Gasteiger partial charge in [-0.2, -0.15) is 0 Å². The first-order valence-electron chi connectivity index (χ1n) is 9.81. The topological polar surface area (TPSA) is 87.3 Å². The molecule has 2 heterocycles. The number of amides is 1. The van der Waals surface area contributed by atoms with Crippen LogP contribution in [-0.4, -0.2) is 42.2 Å². The molecule has 0 saturated carbocycles. The Morgan fingerprint density at radius 3 is 2.69 bits per heavy atom. The van der Waals surface area contributed by atoms with Gasteiger partial charge in [0.1, 0.15) is 0 Å². The van der Waals surface area contributed by atoms with Gasteiger partial charge in [-0.1, -0.05) is 30.3 Å². The highest BCUT2D eigenvalue weighted by molar-refractivity contribution is 5.94. The molecule has 29 heavy (non-hydrogen) atoms. The maximum atomic E-state index is 12.5. The number of anilines is 2. The number of ether oxygens (including phenoxy) is 1. The molecule has 1 amide bonds. The standard InChI is InChI=1S/C22H24N4O3/c1-15-19(21(28)25-22(23-15)26-10-12-29-13-11-26)8-9-20(27)24-18-7-6-16-4-2-3-5-17(16)14-18/h2-7,14H,8-13H2,1H3,(H,24,27)(H,23,25,28). The van der Waals surface area contributed by atoms with Crippen LogP contribution in [0.25, 0.3) is 10.8 Å². The molecule has 0 spiro atoms. The third-order valence-electron chi connectivity index (χ3n) is 5.16. The van der Waals surface area contributed by atoms with E-state index in [1.807, 2.05) is 54.3 Å². The molecule has 7 nitrogen and oxygen atoms in total. The Kier molecular flexibility index (Phi) is 5.57. The minimum atomic E-state index is -0.183. The van der Waals surface area contributed by atoms with Gasteiger partial charge in [-0.05, 0) is 36.2 Å². The number of aromatic nitrogens is 2. The van der Waals surface area contributed by atoms with Crippen LogP contribution in [0.5, 0.6) is 0 Å².